The van der Waals surface area contributed by atoms with Crippen LogP contribution in [0.25, 0.3) is 33.0 Å². The number of halogens is 1. The minimum absolute atomic E-state index is 0.785. The molecule has 0 saturated carbocycles. The van der Waals surface area contributed by atoms with E-state index in [0.717, 1.165) is 5.02 Å². The quantitative estimate of drug-likeness (QED) is 0.362. The Labute approximate surface area is 160 Å². The fourth-order valence-electron chi connectivity index (χ4n) is 4.28. The van der Waals surface area contributed by atoms with Gasteiger partial charge in [0, 0.05) is 5.02 Å². The lowest BCUT2D eigenvalue weighted by Crippen LogP contribution is -2.49. The summed E-state index contributed by atoms with van der Waals surface area (Å²) >= 11 is 6.12. The monoisotopic (exact) mass is 370 g/mol. The molecule has 0 saturated heterocycles. The molecule has 0 unspecified atom stereocenters. The van der Waals surface area contributed by atoms with Crippen LogP contribution < -0.4 is 10.4 Å². The minimum atomic E-state index is -1.62. The molecule has 0 fully saturated rings. The molecular formula is C24H19ClSi. The first-order valence-corrected chi connectivity index (χ1v) is 12.4. The number of rotatable bonds is 1. The van der Waals surface area contributed by atoms with Crippen LogP contribution in [-0.4, -0.2) is 8.07 Å². The third-order valence-electron chi connectivity index (χ3n) is 5.72. The zero-order chi connectivity index (χ0) is 17.9. The van der Waals surface area contributed by atoms with Crippen molar-refractivity contribution in [3.05, 3.63) is 83.9 Å². The van der Waals surface area contributed by atoms with Gasteiger partial charge in [-0.05, 0) is 61.6 Å². The summed E-state index contributed by atoms with van der Waals surface area (Å²) in [6.45, 7) is 4.92. The largest absolute Gasteiger partial charge is 0.113 e. The van der Waals surface area contributed by atoms with E-state index in [1.165, 1.54) is 33.0 Å². The van der Waals surface area contributed by atoms with Gasteiger partial charge in [0.25, 0.3) is 0 Å². The molecule has 0 nitrogen and oxygen atoms in total. The topological polar surface area (TPSA) is 0 Å². The average Bonchev–Trinajstić information content (AvgIpc) is 2.89. The van der Waals surface area contributed by atoms with Gasteiger partial charge in [0.05, 0.1) is 0 Å². The average molecular weight is 371 g/mol. The van der Waals surface area contributed by atoms with E-state index in [0.29, 0.717) is 0 Å². The van der Waals surface area contributed by atoms with Crippen LogP contribution in [0.3, 0.4) is 0 Å². The maximum Gasteiger partial charge on any atom is 0.113 e. The van der Waals surface area contributed by atoms with Crippen molar-refractivity contribution in [2.45, 2.75) is 13.1 Å². The fourth-order valence-corrected chi connectivity index (χ4v) is 7.56. The Morgan fingerprint density at radius 3 is 2.15 bits per heavy atom. The van der Waals surface area contributed by atoms with Crippen molar-refractivity contribution in [2.75, 3.05) is 0 Å². The van der Waals surface area contributed by atoms with Crippen LogP contribution in [-0.2, 0) is 0 Å². The van der Waals surface area contributed by atoms with Crippen LogP contribution in [0, 0.1) is 0 Å². The summed E-state index contributed by atoms with van der Waals surface area (Å²) in [5.74, 6) is 0. The Balaban J connectivity index is 1.67. The highest BCUT2D eigenvalue weighted by Crippen LogP contribution is 2.32. The number of hydrogen-bond donors (Lipinski definition) is 0. The molecule has 2 heteroatoms. The third-order valence-corrected chi connectivity index (χ3v) is 9.50. The van der Waals surface area contributed by atoms with Gasteiger partial charge in [0.1, 0.15) is 8.07 Å². The second-order valence-electron chi connectivity index (χ2n) is 7.64. The Morgan fingerprint density at radius 2 is 1.27 bits per heavy atom. The van der Waals surface area contributed by atoms with E-state index in [9.17, 15) is 0 Å². The van der Waals surface area contributed by atoms with Crippen molar-refractivity contribution in [3.8, 4) is 22.3 Å². The number of benzene rings is 4. The van der Waals surface area contributed by atoms with E-state index in [1.54, 1.807) is 10.4 Å². The predicted octanol–water partition coefficient (Wildman–Crippen LogP) is 5.96. The van der Waals surface area contributed by atoms with Crippen molar-refractivity contribution >= 4 is 40.8 Å². The van der Waals surface area contributed by atoms with Gasteiger partial charge in [-0.15, -0.1) is 0 Å². The molecule has 0 spiro atoms. The summed E-state index contributed by atoms with van der Waals surface area (Å²) < 4.78 is 0. The lowest BCUT2D eigenvalue weighted by molar-refractivity contribution is 1.65. The SMILES string of the molecule is C[Si]1(C)c2ccccc2-c2ccc(-c3ccc4cc(Cl)ccc4c3)cc21. The summed E-state index contributed by atoms with van der Waals surface area (Å²) in [7, 11) is -1.62. The van der Waals surface area contributed by atoms with Gasteiger partial charge in [-0.2, -0.15) is 0 Å². The Hall–Kier alpha value is -2.35. The van der Waals surface area contributed by atoms with Crippen LogP contribution >= 0.6 is 11.6 Å². The maximum atomic E-state index is 6.12. The summed E-state index contributed by atoms with van der Waals surface area (Å²) in [5.41, 5.74) is 5.42. The van der Waals surface area contributed by atoms with Gasteiger partial charge in [0.15, 0.2) is 0 Å². The molecule has 0 radical (unpaired) electrons. The number of fused-ring (bicyclic) bond motifs is 4. The lowest BCUT2D eigenvalue weighted by atomic mass is 9.98. The van der Waals surface area contributed by atoms with Crippen molar-refractivity contribution in [2.24, 2.45) is 0 Å². The third kappa shape index (κ3) is 2.28. The molecule has 26 heavy (non-hydrogen) atoms. The standard InChI is InChI=1S/C24H19ClSi/c1-26(2)23-6-4-3-5-21(23)22-12-10-19(15-24(22)26)16-7-8-18-14-20(25)11-9-17(18)13-16/h3-15H,1-2H3. The highest BCUT2D eigenvalue weighted by atomic mass is 35.5. The van der Waals surface area contributed by atoms with E-state index in [1.807, 2.05) is 12.1 Å². The lowest BCUT2D eigenvalue weighted by Gasteiger charge is -2.19. The van der Waals surface area contributed by atoms with Crippen LogP contribution in [0.2, 0.25) is 18.1 Å². The van der Waals surface area contributed by atoms with E-state index < -0.39 is 8.07 Å². The molecule has 1 aliphatic heterocycles. The summed E-state index contributed by atoms with van der Waals surface area (Å²) in [6, 6.07) is 28.7. The highest BCUT2D eigenvalue weighted by molar-refractivity contribution is 7.03. The first-order valence-electron chi connectivity index (χ1n) is 8.98. The Kier molecular flexibility index (Phi) is 3.40. The zero-order valence-corrected chi connectivity index (χ0v) is 16.6. The predicted molar refractivity (Wildman–Crippen MR) is 117 cm³/mol. The molecule has 0 atom stereocenters. The van der Waals surface area contributed by atoms with Crippen LogP contribution in [0.5, 0.6) is 0 Å². The Morgan fingerprint density at radius 1 is 0.615 bits per heavy atom. The summed E-state index contributed by atoms with van der Waals surface area (Å²) in [5, 5.41) is 6.30. The molecule has 0 aromatic heterocycles. The molecule has 4 aromatic rings. The molecule has 0 N–H and O–H groups in total. The fraction of sp³-hybridized carbons (Fsp3) is 0.0833. The zero-order valence-electron chi connectivity index (χ0n) is 14.9. The second kappa shape index (κ2) is 5.57. The summed E-state index contributed by atoms with van der Waals surface area (Å²) in [6.07, 6.45) is 0. The van der Waals surface area contributed by atoms with Crippen molar-refractivity contribution < 1.29 is 0 Å². The van der Waals surface area contributed by atoms with Crippen LogP contribution in [0.15, 0.2) is 78.9 Å². The molecular weight excluding hydrogens is 352 g/mol. The van der Waals surface area contributed by atoms with Gasteiger partial charge in [-0.1, -0.05) is 85.4 Å². The van der Waals surface area contributed by atoms with E-state index in [4.69, 9.17) is 11.6 Å². The van der Waals surface area contributed by atoms with Gasteiger partial charge in [-0.3, -0.25) is 0 Å². The highest BCUT2D eigenvalue weighted by Gasteiger charge is 2.37. The molecule has 5 rings (SSSR count). The summed E-state index contributed by atoms with van der Waals surface area (Å²) in [4.78, 5) is 0. The van der Waals surface area contributed by atoms with Crippen LogP contribution in [0.4, 0.5) is 0 Å². The second-order valence-corrected chi connectivity index (χ2v) is 12.4. The van der Waals surface area contributed by atoms with Gasteiger partial charge < -0.3 is 0 Å². The Bertz CT molecular complexity index is 1170. The molecule has 0 amide bonds. The molecule has 1 heterocycles. The first kappa shape index (κ1) is 15.9. The normalized spacial score (nSPS) is 14.3. The van der Waals surface area contributed by atoms with E-state index in [2.05, 4.69) is 79.8 Å². The van der Waals surface area contributed by atoms with Crippen LogP contribution in [0.1, 0.15) is 0 Å². The molecule has 4 aromatic carbocycles. The molecule has 0 bridgehead atoms. The van der Waals surface area contributed by atoms with Crippen molar-refractivity contribution in [1.82, 2.24) is 0 Å². The van der Waals surface area contributed by atoms with E-state index in [-0.39, 0.29) is 0 Å². The minimum Gasteiger partial charge on any atom is -0.0843 e. The van der Waals surface area contributed by atoms with Gasteiger partial charge in [-0.25, -0.2) is 0 Å². The van der Waals surface area contributed by atoms with Crippen molar-refractivity contribution in [3.63, 3.8) is 0 Å². The number of hydrogen-bond acceptors (Lipinski definition) is 0. The maximum absolute atomic E-state index is 6.12. The first-order chi connectivity index (χ1) is 12.5. The van der Waals surface area contributed by atoms with Crippen molar-refractivity contribution in [1.29, 1.82) is 0 Å². The smallest absolute Gasteiger partial charge is 0.0843 e. The van der Waals surface area contributed by atoms with Gasteiger partial charge in [0.2, 0.25) is 0 Å². The van der Waals surface area contributed by atoms with E-state index >= 15 is 0 Å². The van der Waals surface area contributed by atoms with Gasteiger partial charge >= 0.3 is 0 Å². The molecule has 1 aliphatic rings. The molecule has 126 valence electrons. The molecule has 0 aliphatic carbocycles.